The van der Waals surface area contributed by atoms with Crippen molar-refractivity contribution in [1.29, 1.82) is 0 Å². The Morgan fingerprint density at radius 3 is 2.39 bits per heavy atom. The number of rotatable bonds is 5. The van der Waals surface area contributed by atoms with Gasteiger partial charge in [-0.3, -0.25) is 13.9 Å². The molecule has 2 aromatic carbocycles. The quantitative estimate of drug-likeness (QED) is 0.446. The molecule has 0 atom stereocenters. The summed E-state index contributed by atoms with van der Waals surface area (Å²) in [6.45, 7) is 3.57. The molecule has 0 saturated carbocycles. The second-order valence-corrected chi connectivity index (χ2v) is 9.99. The summed E-state index contributed by atoms with van der Waals surface area (Å²) in [7, 11) is -4.06. The molecule has 1 N–H and O–H groups in total. The Balaban J connectivity index is 1.69. The zero-order valence-corrected chi connectivity index (χ0v) is 18.6. The van der Waals surface area contributed by atoms with Crippen LogP contribution in [0.3, 0.4) is 0 Å². The number of benzene rings is 2. The average Bonchev–Trinajstić information content (AvgIpc) is 3.22. The molecule has 2 heterocycles. The van der Waals surface area contributed by atoms with Gasteiger partial charge < -0.3 is 5.32 Å². The van der Waals surface area contributed by atoms with Crippen molar-refractivity contribution in [2.75, 3.05) is 9.62 Å². The van der Waals surface area contributed by atoms with Crippen LogP contribution in [0.1, 0.15) is 38.1 Å². The second-order valence-electron chi connectivity index (χ2n) is 7.25. The molecule has 1 aromatic heterocycles. The summed E-state index contributed by atoms with van der Waals surface area (Å²) >= 11 is 1.22. The van der Waals surface area contributed by atoms with E-state index in [2.05, 4.69) is 5.32 Å². The van der Waals surface area contributed by atoms with Gasteiger partial charge in [-0.15, -0.1) is 11.3 Å². The minimum Gasteiger partial charge on any atom is -0.360 e. The monoisotopic (exact) mass is 452 g/mol. The first kappa shape index (κ1) is 21.0. The van der Waals surface area contributed by atoms with Crippen LogP contribution < -0.4 is 9.62 Å². The number of ketones is 2. The first-order valence-electron chi connectivity index (χ1n) is 9.55. The van der Waals surface area contributed by atoms with E-state index in [0.717, 1.165) is 11.1 Å². The van der Waals surface area contributed by atoms with E-state index in [9.17, 15) is 18.0 Å². The predicted molar refractivity (Wildman–Crippen MR) is 123 cm³/mol. The van der Waals surface area contributed by atoms with Gasteiger partial charge in [-0.2, -0.15) is 0 Å². The maximum Gasteiger partial charge on any atom is 0.270 e. The molecule has 0 saturated heterocycles. The summed E-state index contributed by atoms with van der Waals surface area (Å²) < 4.78 is 28.0. The maximum absolute atomic E-state index is 13.4. The van der Waals surface area contributed by atoms with Gasteiger partial charge in [0.2, 0.25) is 5.78 Å². The van der Waals surface area contributed by atoms with Crippen LogP contribution in [-0.4, -0.2) is 20.0 Å². The molecule has 0 amide bonds. The summed E-state index contributed by atoms with van der Waals surface area (Å²) in [6.07, 6.45) is 1.23. The Morgan fingerprint density at radius 1 is 1.06 bits per heavy atom. The van der Waals surface area contributed by atoms with Crippen molar-refractivity contribution in [3.8, 4) is 0 Å². The standard InChI is InChI=1S/C23H20N2O4S2/c1-15-3-5-17(6-4-15)14-25-20-11-12-30-23(20)22(27)21(31(25,28)29)13-24-19-9-7-18(8-10-19)16(2)26/h3-13,24H,14H2,1-2H3/b21-13-. The van der Waals surface area contributed by atoms with Crippen LogP contribution in [0.2, 0.25) is 0 Å². The highest BCUT2D eigenvalue weighted by atomic mass is 32.2. The van der Waals surface area contributed by atoms with Gasteiger partial charge in [-0.05, 0) is 55.1 Å². The first-order valence-corrected chi connectivity index (χ1v) is 11.9. The summed E-state index contributed by atoms with van der Waals surface area (Å²) in [6, 6.07) is 15.9. The average molecular weight is 453 g/mol. The third kappa shape index (κ3) is 4.04. The van der Waals surface area contributed by atoms with Crippen LogP contribution in [0.15, 0.2) is 71.1 Å². The highest BCUT2D eigenvalue weighted by molar-refractivity contribution is 7.97. The van der Waals surface area contributed by atoms with Crippen LogP contribution in [0.4, 0.5) is 11.4 Å². The maximum atomic E-state index is 13.4. The first-order chi connectivity index (χ1) is 14.8. The number of fused-ring (bicyclic) bond motifs is 1. The normalized spacial score (nSPS) is 16.3. The lowest BCUT2D eigenvalue weighted by atomic mass is 10.1. The summed E-state index contributed by atoms with van der Waals surface area (Å²) in [5.41, 5.74) is 3.43. The zero-order chi connectivity index (χ0) is 22.2. The zero-order valence-electron chi connectivity index (χ0n) is 17.0. The van der Waals surface area contributed by atoms with E-state index in [1.54, 1.807) is 35.7 Å². The minimum atomic E-state index is -4.06. The van der Waals surface area contributed by atoms with Crippen LogP contribution in [0.25, 0.3) is 0 Å². The number of hydrogen-bond acceptors (Lipinski definition) is 6. The molecule has 6 nitrogen and oxygen atoms in total. The van der Waals surface area contributed by atoms with E-state index >= 15 is 0 Å². The van der Waals surface area contributed by atoms with Crippen molar-refractivity contribution in [1.82, 2.24) is 0 Å². The van der Waals surface area contributed by atoms with E-state index in [4.69, 9.17) is 0 Å². The molecule has 0 radical (unpaired) electrons. The number of nitrogens with zero attached hydrogens (tertiary/aromatic N) is 1. The molecule has 1 aliphatic heterocycles. The van der Waals surface area contributed by atoms with Gasteiger partial charge >= 0.3 is 0 Å². The van der Waals surface area contributed by atoms with E-state index in [1.807, 2.05) is 31.2 Å². The molecule has 4 rings (SSSR count). The van der Waals surface area contributed by atoms with Crippen LogP contribution in [0, 0.1) is 6.92 Å². The van der Waals surface area contributed by atoms with Crippen LogP contribution >= 0.6 is 11.3 Å². The molecule has 0 aliphatic carbocycles. The number of hydrogen-bond donors (Lipinski definition) is 1. The number of Topliss-reactive ketones (excluding diaryl/α,β-unsaturated/α-hetero) is 2. The third-order valence-corrected chi connectivity index (χ3v) is 7.69. The van der Waals surface area contributed by atoms with Gasteiger partial charge in [-0.25, -0.2) is 8.42 Å². The highest BCUT2D eigenvalue weighted by Gasteiger charge is 2.41. The number of allylic oxidation sites excluding steroid dienone is 1. The number of thiophene rings is 1. The van der Waals surface area contributed by atoms with Crippen LogP contribution in [0.5, 0.6) is 0 Å². The van der Waals surface area contributed by atoms with Gasteiger partial charge in [0.1, 0.15) is 4.88 Å². The predicted octanol–water partition coefficient (Wildman–Crippen LogP) is 4.75. The lowest BCUT2D eigenvalue weighted by molar-refractivity contribution is 0.101. The molecular weight excluding hydrogens is 432 g/mol. The number of carbonyl (C=O) groups excluding carboxylic acids is 2. The Kier molecular flexibility index (Phi) is 5.51. The van der Waals surface area contributed by atoms with Crippen molar-refractivity contribution in [2.45, 2.75) is 20.4 Å². The van der Waals surface area contributed by atoms with Crippen LogP contribution in [-0.2, 0) is 16.6 Å². The van der Waals surface area contributed by atoms with Crippen molar-refractivity contribution < 1.29 is 18.0 Å². The molecule has 0 spiro atoms. The number of anilines is 2. The smallest absolute Gasteiger partial charge is 0.270 e. The summed E-state index contributed by atoms with van der Waals surface area (Å²) in [5.74, 6) is -0.593. The molecule has 8 heteroatoms. The van der Waals surface area contributed by atoms with E-state index < -0.39 is 15.8 Å². The lowest BCUT2D eigenvalue weighted by Crippen LogP contribution is -2.38. The summed E-state index contributed by atoms with van der Waals surface area (Å²) in [5, 5.41) is 4.61. The number of aryl methyl sites for hydroxylation is 1. The fourth-order valence-corrected chi connectivity index (χ4v) is 5.75. The number of carbonyl (C=O) groups is 2. The topological polar surface area (TPSA) is 83.6 Å². The SMILES string of the molecule is CC(=O)c1ccc(N/C=C2/C(=O)c3sccc3N(Cc3ccc(C)cc3)S2(=O)=O)cc1. The Labute approximate surface area is 184 Å². The van der Waals surface area contributed by atoms with Crippen molar-refractivity contribution in [3.05, 3.63) is 92.6 Å². The molecule has 31 heavy (non-hydrogen) atoms. The van der Waals surface area contributed by atoms with Gasteiger partial charge in [0, 0.05) is 17.5 Å². The highest BCUT2D eigenvalue weighted by Crippen LogP contribution is 2.39. The van der Waals surface area contributed by atoms with Gasteiger partial charge in [0.05, 0.1) is 12.2 Å². The summed E-state index contributed by atoms with van der Waals surface area (Å²) in [4.78, 5) is 24.5. The second kappa shape index (κ2) is 8.13. The Hall–Kier alpha value is -3.23. The Morgan fingerprint density at radius 2 is 1.74 bits per heavy atom. The van der Waals surface area contributed by atoms with Crippen molar-refractivity contribution in [2.24, 2.45) is 0 Å². The van der Waals surface area contributed by atoms with Crippen molar-refractivity contribution in [3.63, 3.8) is 0 Å². The van der Waals surface area contributed by atoms with E-state index in [0.29, 0.717) is 21.8 Å². The lowest BCUT2D eigenvalue weighted by Gasteiger charge is -2.29. The number of nitrogens with one attached hydrogen (secondary N) is 1. The molecule has 0 bridgehead atoms. The molecule has 0 unspecified atom stereocenters. The molecule has 1 aliphatic rings. The third-order valence-electron chi connectivity index (χ3n) is 5.02. The molecule has 0 fully saturated rings. The van der Waals surface area contributed by atoms with Gasteiger partial charge in [0.15, 0.2) is 10.7 Å². The molecule has 158 valence electrons. The van der Waals surface area contributed by atoms with E-state index in [1.165, 1.54) is 28.8 Å². The molecular formula is C23H20N2O4S2. The molecule has 3 aromatic rings. The number of sulfonamides is 1. The minimum absolute atomic E-state index is 0.0630. The fourth-order valence-electron chi connectivity index (χ4n) is 3.27. The van der Waals surface area contributed by atoms with E-state index in [-0.39, 0.29) is 17.2 Å². The fraction of sp³-hybridized carbons (Fsp3) is 0.130. The van der Waals surface area contributed by atoms with Gasteiger partial charge in [-0.1, -0.05) is 29.8 Å². The largest absolute Gasteiger partial charge is 0.360 e. The van der Waals surface area contributed by atoms with Gasteiger partial charge in [0.25, 0.3) is 10.0 Å². The Bertz CT molecular complexity index is 1290. The van der Waals surface area contributed by atoms with Crippen molar-refractivity contribution >= 4 is 44.3 Å².